The van der Waals surface area contributed by atoms with Crippen molar-refractivity contribution >= 4 is 17.8 Å². The first-order valence-corrected chi connectivity index (χ1v) is 10.5. The Morgan fingerprint density at radius 3 is 2.29 bits per heavy atom. The molecule has 10 nitrogen and oxygen atoms in total. The number of amides is 4. The average Bonchev–Trinajstić information content (AvgIpc) is 3.33. The number of nitrogens with zero attached hydrogens (tertiary/aromatic N) is 3. The largest absolute Gasteiger partial charge is 0.497 e. The van der Waals surface area contributed by atoms with Gasteiger partial charge in [-0.25, -0.2) is 14.8 Å². The molecule has 1 aromatic heterocycles. The molecule has 0 saturated carbocycles. The Morgan fingerprint density at radius 2 is 1.68 bits per heavy atom. The van der Waals surface area contributed by atoms with Crippen molar-refractivity contribution in [2.75, 3.05) is 20.8 Å². The number of aromatic nitrogens is 2. The van der Waals surface area contributed by atoms with E-state index in [-0.39, 0.29) is 12.5 Å². The van der Waals surface area contributed by atoms with Crippen LogP contribution in [0.5, 0.6) is 11.5 Å². The first-order valence-electron chi connectivity index (χ1n) is 10.5. The summed E-state index contributed by atoms with van der Waals surface area (Å²) < 4.78 is 10.3. The van der Waals surface area contributed by atoms with Gasteiger partial charge in [0.05, 0.1) is 33.2 Å². The fourth-order valence-electron chi connectivity index (χ4n) is 4.25. The van der Waals surface area contributed by atoms with Gasteiger partial charge in [-0.15, -0.1) is 0 Å². The smallest absolute Gasteiger partial charge is 0.322 e. The fraction of sp³-hybridized carbons (Fsp3) is 0.208. The summed E-state index contributed by atoms with van der Waals surface area (Å²) in [7, 11) is 3.07. The van der Waals surface area contributed by atoms with Crippen molar-refractivity contribution in [3.05, 3.63) is 71.5 Å². The molecule has 2 aliphatic heterocycles. The summed E-state index contributed by atoms with van der Waals surface area (Å²) in [5.74, 6) is 0.851. The molecule has 10 heteroatoms. The lowest BCUT2D eigenvalue weighted by molar-refractivity contribution is -0.124. The van der Waals surface area contributed by atoms with Crippen LogP contribution in [-0.2, 0) is 16.9 Å². The number of hydrogen-bond acceptors (Lipinski definition) is 7. The predicted octanol–water partition coefficient (Wildman–Crippen LogP) is 1.85. The fourth-order valence-corrected chi connectivity index (χ4v) is 4.25. The molecule has 5 rings (SSSR count). The number of ether oxygens (including phenoxy) is 2. The molecule has 2 aliphatic rings. The first kappa shape index (κ1) is 21.4. The van der Waals surface area contributed by atoms with Gasteiger partial charge in [0.25, 0.3) is 11.8 Å². The van der Waals surface area contributed by atoms with E-state index < -0.39 is 17.5 Å². The number of methoxy groups -OCH3 is 2. The van der Waals surface area contributed by atoms with Gasteiger partial charge in [-0.1, -0.05) is 30.3 Å². The topological polar surface area (TPSA) is 123 Å². The number of rotatable bonds is 6. The highest BCUT2D eigenvalue weighted by molar-refractivity contribution is 6.08. The molecular weight excluding hydrogens is 438 g/mol. The Bertz CT molecular complexity index is 1290. The summed E-state index contributed by atoms with van der Waals surface area (Å²) >= 11 is 0. The van der Waals surface area contributed by atoms with Crippen molar-refractivity contribution in [2.45, 2.75) is 12.1 Å². The second-order valence-electron chi connectivity index (χ2n) is 8.02. The van der Waals surface area contributed by atoms with Crippen molar-refractivity contribution in [1.29, 1.82) is 0 Å². The molecule has 2 aromatic carbocycles. The lowest BCUT2D eigenvalue weighted by Gasteiger charge is -2.31. The molecule has 1 fully saturated rings. The highest BCUT2D eigenvalue weighted by Gasteiger charge is 2.50. The quantitative estimate of drug-likeness (QED) is 0.540. The number of hydrogen-bond donors (Lipinski definition) is 2. The number of imide groups is 1. The molecule has 4 amide bonds. The van der Waals surface area contributed by atoms with Gasteiger partial charge in [0.15, 0.2) is 17.1 Å². The highest BCUT2D eigenvalue weighted by Crippen LogP contribution is 2.33. The zero-order chi connectivity index (χ0) is 23.9. The van der Waals surface area contributed by atoms with Crippen LogP contribution in [0, 0.1) is 0 Å². The second-order valence-corrected chi connectivity index (χ2v) is 8.02. The molecule has 3 heterocycles. The van der Waals surface area contributed by atoms with Crippen molar-refractivity contribution in [2.24, 2.45) is 0 Å². The molecule has 0 aliphatic carbocycles. The normalized spacial score (nSPS) is 19.0. The van der Waals surface area contributed by atoms with Crippen LogP contribution in [0.15, 0.2) is 54.9 Å². The van der Waals surface area contributed by atoms with Crippen LogP contribution in [0.1, 0.15) is 21.5 Å². The van der Waals surface area contributed by atoms with Gasteiger partial charge >= 0.3 is 6.03 Å². The number of fused-ring (bicyclic) bond motifs is 1. The molecule has 0 bridgehead atoms. The second kappa shape index (κ2) is 8.14. The highest BCUT2D eigenvalue weighted by atomic mass is 16.5. The molecule has 3 aromatic rings. The van der Waals surface area contributed by atoms with E-state index in [1.165, 1.54) is 14.2 Å². The minimum absolute atomic E-state index is 0.0290. The summed E-state index contributed by atoms with van der Waals surface area (Å²) in [5.41, 5.74) is 1.18. The summed E-state index contributed by atoms with van der Waals surface area (Å²) in [6.45, 7) is 0.291. The van der Waals surface area contributed by atoms with Gasteiger partial charge in [-0.05, 0) is 23.3 Å². The standard InChI is InChI=1S/C24H21N5O5/c1-33-17-8-5-15-12-29(21(30)19(15)9-17)13-24(22(31)27-23(32)28-24)16-6-3-14(4-7-16)20-25-10-18(34-2)11-26-20/h3-11H,12-13H2,1-2H3,(H2,27,28,31,32)/t24-/m0/s1. The van der Waals surface area contributed by atoms with Crippen LogP contribution in [0.3, 0.4) is 0 Å². The maximum absolute atomic E-state index is 13.1. The van der Waals surface area contributed by atoms with Crippen LogP contribution >= 0.6 is 0 Å². The summed E-state index contributed by atoms with van der Waals surface area (Å²) in [5, 5.41) is 5.05. The maximum atomic E-state index is 13.1. The van der Waals surface area contributed by atoms with Gasteiger partial charge in [0.2, 0.25) is 0 Å². The minimum atomic E-state index is -1.43. The minimum Gasteiger partial charge on any atom is -0.497 e. The molecule has 1 atom stereocenters. The van der Waals surface area contributed by atoms with E-state index in [1.807, 2.05) is 6.07 Å². The first-order chi connectivity index (χ1) is 16.4. The third-order valence-corrected chi connectivity index (χ3v) is 6.07. The van der Waals surface area contributed by atoms with Crippen LogP contribution in [-0.4, -0.2) is 53.5 Å². The summed E-state index contributed by atoms with van der Waals surface area (Å²) in [4.78, 5) is 48.4. The molecule has 34 heavy (non-hydrogen) atoms. The van der Waals surface area contributed by atoms with Crippen LogP contribution < -0.4 is 20.1 Å². The average molecular weight is 459 g/mol. The van der Waals surface area contributed by atoms with Gasteiger partial charge < -0.3 is 19.7 Å². The molecule has 2 N–H and O–H groups in total. The molecule has 0 unspecified atom stereocenters. The van der Waals surface area contributed by atoms with E-state index in [9.17, 15) is 14.4 Å². The van der Waals surface area contributed by atoms with Crippen molar-refractivity contribution < 1.29 is 23.9 Å². The molecule has 1 saturated heterocycles. The predicted molar refractivity (Wildman–Crippen MR) is 120 cm³/mol. The van der Waals surface area contributed by atoms with Crippen molar-refractivity contribution in [1.82, 2.24) is 25.5 Å². The Hall–Kier alpha value is -4.47. The van der Waals surface area contributed by atoms with Gasteiger partial charge in [0.1, 0.15) is 5.75 Å². The SMILES string of the molecule is COc1cnc(-c2ccc([C@]3(CN4Cc5ccc(OC)cc5C4=O)NC(=O)NC3=O)cc2)nc1. The summed E-state index contributed by atoms with van der Waals surface area (Å²) in [6, 6.07) is 11.7. The molecule has 0 radical (unpaired) electrons. The van der Waals surface area contributed by atoms with E-state index in [0.29, 0.717) is 35.0 Å². The van der Waals surface area contributed by atoms with Crippen LogP contribution in [0.4, 0.5) is 4.79 Å². The Kier molecular flexibility index (Phi) is 5.12. The number of benzene rings is 2. The maximum Gasteiger partial charge on any atom is 0.322 e. The number of urea groups is 1. The van der Waals surface area contributed by atoms with Crippen molar-refractivity contribution in [3.63, 3.8) is 0 Å². The van der Waals surface area contributed by atoms with E-state index >= 15 is 0 Å². The zero-order valence-corrected chi connectivity index (χ0v) is 18.5. The lowest BCUT2D eigenvalue weighted by atomic mass is 9.88. The third kappa shape index (κ3) is 3.49. The van der Waals surface area contributed by atoms with Gasteiger partial charge in [-0.2, -0.15) is 0 Å². The van der Waals surface area contributed by atoms with E-state index in [0.717, 1.165) is 11.1 Å². The van der Waals surface area contributed by atoms with Crippen LogP contribution in [0.2, 0.25) is 0 Å². The van der Waals surface area contributed by atoms with E-state index in [2.05, 4.69) is 20.6 Å². The van der Waals surface area contributed by atoms with Gasteiger partial charge in [0, 0.05) is 17.7 Å². The Labute approximate surface area is 194 Å². The molecular formula is C24H21N5O5. The summed E-state index contributed by atoms with van der Waals surface area (Å²) in [6.07, 6.45) is 3.13. The third-order valence-electron chi connectivity index (χ3n) is 6.07. The molecule has 0 spiro atoms. The van der Waals surface area contributed by atoms with E-state index in [4.69, 9.17) is 9.47 Å². The number of carbonyl (C=O) groups is 3. The Balaban J connectivity index is 1.46. The zero-order valence-electron chi connectivity index (χ0n) is 18.5. The van der Waals surface area contributed by atoms with Gasteiger partial charge in [-0.3, -0.25) is 14.9 Å². The molecule has 172 valence electrons. The number of nitrogens with one attached hydrogen (secondary N) is 2. The van der Waals surface area contributed by atoms with Crippen molar-refractivity contribution in [3.8, 4) is 22.9 Å². The Morgan fingerprint density at radius 1 is 0.971 bits per heavy atom. The lowest BCUT2D eigenvalue weighted by Crippen LogP contribution is -2.52. The van der Waals surface area contributed by atoms with Crippen LogP contribution in [0.25, 0.3) is 11.4 Å². The number of carbonyl (C=O) groups excluding carboxylic acids is 3. The van der Waals surface area contributed by atoms with E-state index in [1.54, 1.807) is 53.7 Å². The monoisotopic (exact) mass is 459 g/mol.